The number of aromatic nitrogens is 2. The molecule has 1 N–H and O–H groups in total. The third-order valence-electron chi connectivity index (χ3n) is 2.05. The highest BCUT2D eigenvalue weighted by atomic mass is 16.1. The summed E-state index contributed by atoms with van der Waals surface area (Å²) in [4.78, 5) is 18.7. The van der Waals surface area contributed by atoms with Crippen molar-refractivity contribution < 1.29 is 0 Å². The summed E-state index contributed by atoms with van der Waals surface area (Å²) < 4.78 is 0. The molecule has 0 aliphatic heterocycles. The second kappa shape index (κ2) is 7.85. The average Bonchev–Trinajstić information content (AvgIpc) is 2.31. The van der Waals surface area contributed by atoms with Crippen LogP contribution in [0.25, 0.3) is 12.2 Å². The molecule has 0 amide bonds. The van der Waals surface area contributed by atoms with Crippen LogP contribution in [0.3, 0.4) is 0 Å². The van der Waals surface area contributed by atoms with Gasteiger partial charge in [-0.15, -0.1) is 0 Å². The van der Waals surface area contributed by atoms with Crippen LogP contribution in [-0.4, -0.2) is 9.97 Å². The quantitative estimate of drug-likeness (QED) is 0.821. The molecule has 1 rings (SSSR count). The minimum absolute atomic E-state index is 0.0425. The molecule has 3 heteroatoms. The molecule has 1 heterocycles. The molecule has 1 aromatic heterocycles. The predicted molar refractivity (Wildman–Crippen MR) is 69.7 cm³/mol. The Morgan fingerprint density at radius 1 is 1.31 bits per heavy atom. The van der Waals surface area contributed by atoms with Crippen molar-refractivity contribution in [2.45, 2.75) is 47.5 Å². The van der Waals surface area contributed by atoms with Gasteiger partial charge in [0.1, 0.15) is 5.82 Å². The first-order chi connectivity index (χ1) is 7.72. The molecular formula is C13H22N2O. The standard InChI is InChI=1S/C11H16N2O.C2H6/c1-4-7-9-8(5-2)11(14)13-10(6-3)12-9;1-2/h5,7H,4,6H2,1-3H3,(H,12,13,14);1-2H3/b8-5+,9-7+;. The maximum Gasteiger partial charge on any atom is 0.258 e. The van der Waals surface area contributed by atoms with Gasteiger partial charge in [-0.3, -0.25) is 4.79 Å². The average molecular weight is 222 g/mol. The number of H-pyrrole nitrogens is 1. The van der Waals surface area contributed by atoms with Crippen LogP contribution in [0.2, 0.25) is 0 Å². The smallest absolute Gasteiger partial charge is 0.258 e. The monoisotopic (exact) mass is 222 g/mol. The third kappa shape index (κ3) is 3.65. The molecule has 0 unspecified atom stereocenters. The van der Waals surface area contributed by atoms with Gasteiger partial charge in [0.25, 0.3) is 5.56 Å². The molecule has 0 aliphatic rings. The summed E-state index contributed by atoms with van der Waals surface area (Å²) in [6, 6.07) is 0. The van der Waals surface area contributed by atoms with Crippen molar-refractivity contribution >= 4 is 12.2 Å². The first kappa shape index (κ1) is 14.6. The summed E-state index contributed by atoms with van der Waals surface area (Å²) in [5.41, 5.74) is -0.0425. The van der Waals surface area contributed by atoms with Crippen molar-refractivity contribution in [3.63, 3.8) is 0 Å². The Kier molecular flexibility index (Phi) is 7.18. The summed E-state index contributed by atoms with van der Waals surface area (Å²) in [5.74, 6) is 0.750. The fraction of sp³-hybridized carbons (Fsp3) is 0.538. The van der Waals surface area contributed by atoms with Gasteiger partial charge in [0.15, 0.2) is 0 Å². The van der Waals surface area contributed by atoms with Crippen molar-refractivity contribution in [1.29, 1.82) is 0 Å². The van der Waals surface area contributed by atoms with E-state index in [9.17, 15) is 4.79 Å². The lowest BCUT2D eigenvalue weighted by Gasteiger charge is -1.96. The van der Waals surface area contributed by atoms with Gasteiger partial charge in [-0.25, -0.2) is 4.98 Å². The zero-order valence-corrected chi connectivity index (χ0v) is 10.9. The lowest BCUT2D eigenvalue weighted by Crippen LogP contribution is -2.43. The van der Waals surface area contributed by atoms with E-state index in [0.717, 1.165) is 24.0 Å². The van der Waals surface area contributed by atoms with Crippen LogP contribution in [0.15, 0.2) is 4.79 Å². The maximum atomic E-state index is 11.6. The van der Waals surface area contributed by atoms with Gasteiger partial charge >= 0.3 is 0 Å². The van der Waals surface area contributed by atoms with Gasteiger partial charge in [-0.1, -0.05) is 39.8 Å². The molecule has 1 aromatic rings. The molecule has 0 saturated heterocycles. The van der Waals surface area contributed by atoms with Crippen LogP contribution >= 0.6 is 0 Å². The Morgan fingerprint density at radius 3 is 2.38 bits per heavy atom. The first-order valence-electron chi connectivity index (χ1n) is 5.98. The molecule has 0 spiro atoms. The minimum Gasteiger partial charge on any atom is -0.310 e. The first-order valence-corrected chi connectivity index (χ1v) is 5.98. The number of hydrogen-bond donors (Lipinski definition) is 1. The van der Waals surface area contributed by atoms with Gasteiger partial charge in [0.05, 0.1) is 10.6 Å². The van der Waals surface area contributed by atoms with Gasteiger partial charge in [0.2, 0.25) is 0 Å². The molecule has 90 valence electrons. The van der Waals surface area contributed by atoms with Crippen LogP contribution in [-0.2, 0) is 6.42 Å². The molecule has 0 saturated carbocycles. The van der Waals surface area contributed by atoms with Crippen molar-refractivity contribution in [2.75, 3.05) is 0 Å². The molecule has 0 aliphatic carbocycles. The number of nitrogens with zero attached hydrogens (tertiary/aromatic N) is 1. The fourth-order valence-corrected chi connectivity index (χ4v) is 1.34. The maximum absolute atomic E-state index is 11.6. The Morgan fingerprint density at radius 2 is 1.94 bits per heavy atom. The van der Waals surface area contributed by atoms with E-state index in [0.29, 0.717) is 5.22 Å². The Hall–Kier alpha value is -1.38. The van der Waals surface area contributed by atoms with Crippen molar-refractivity contribution in [3.05, 3.63) is 26.7 Å². The van der Waals surface area contributed by atoms with Gasteiger partial charge in [-0.2, -0.15) is 0 Å². The number of hydrogen-bond acceptors (Lipinski definition) is 2. The zero-order chi connectivity index (χ0) is 12.6. The molecular weight excluding hydrogens is 200 g/mol. The van der Waals surface area contributed by atoms with Crippen molar-refractivity contribution in [3.8, 4) is 0 Å². The summed E-state index contributed by atoms with van der Waals surface area (Å²) in [6.45, 7) is 9.86. The lowest BCUT2D eigenvalue weighted by molar-refractivity contribution is 0.890. The summed E-state index contributed by atoms with van der Waals surface area (Å²) >= 11 is 0. The largest absolute Gasteiger partial charge is 0.310 e. The van der Waals surface area contributed by atoms with E-state index in [4.69, 9.17) is 0 Å². The van der Waals surface area contributed by atoms with Gasteiger partial charge in [0, 0.05) is 6.42 Å². The molecule has 0 radical (unpaired) electrons. The predicted octanol–water partition coefficient (Wildman–Crippen LogP) is 1.35. The molecule has 0 bridgehead atoms. The number of rotatable bonds is 2. The van der Waals surface area contributed by atoms with Gasteiger partial charge in [-0.05, 0) is 13.3 Å². The van der Waals surface area contributed by atoms with E-state index in [-0.39, 0.29) is 5.56 Å². The molecule has 0 aromatic carbocycles. The van der Waals surface area contributed by atoms with Gasteiger partial charge < -0.3 is 4.98 Å². The number of nitrogens with one attached hydrogen (secondary N) is 1. The fourth-order valence-electron chi connectivity index (χ4n) is 1.34. The number of aromatic amines is 1. The van der Waals surface area contributed by atoms with E-state index >= 15 is 0 Å². The van der Waals surface area contributed by atoms with Crippen molar-refractivity contribution in [1.82, 2.24) is 9.97 Å². The van der Waals surface area contributed by atoms with Crippen LogP contribution < -0.4 is 16.1 Å². The molecule has 0 fully saturated rings. The topological polar surface area (TPSA) is 45.8 Å². The highest BCUT2D eigenvalue weighted by Gasteiger charge is 1.96. The highest BCUT2D eigenvalue weighted by molar-refractivity contribution is 5.25. The zero-order valence-electron chi connectivity index (χ0n) is 10.9. The summed E-state index contributed by atoms with van der Waals surface area (Å²) in [5, 5.41) is 1.47. The van der Waals surface area contributed by atoms with Crippen LogP contribution in [0.4, 0.5) is 0 Å². The van der Waals surface area contributed by atoms with E-state index < -0.39 is 0 Å². The number of aryl methyl sites for hydroxylation is 1. The van der Waals surface area contributed by atoms with E-state index in [2.05, 4.69) is 9.97 Å². The Bertz CT molecular complexity index is 472. The third-order valence-corrected chi connectivity index (χ3v) is 2.05. The minimum atomic E-state index is -0.0425. The molecule has 0 atom stereocenters. The van der Waals surface area contributed by atoms with Crippen LogP contribution in [0.5, 0.6) is 0 Å². The normalized spacial score (nSPS) is 12.3. The summed E-state index contributed by atoms with van der Waals surface area (Å²) in [7, 11) is 0. The Balaban J connectivity index is 0.00000106. The molecule has 16 heavy (non-hydrogen) atoms. The highest BCUT2D eigenvalue weighted by Crippen LogP contribution is 1.79. The van der Waals surface area contributed by atoms with E-state index in [1.54, 1.807) is 6.08 Å². The molecule has 3 nitrogen and oxygen atoms in total. The van der Waals surface area contributed by atoms with E-state index in [1.807, 2.05) is 40.7 Å². The Labute approximate surface area is 96.9 Å². The van der Waals surface area contributed by atoms with Crippen molar-refractivity contribution in [2.24, 2.45) is 0 Å². The lowest BCUT2D eigenvalue weighted by atomic mass is 10.3. The second-order valence-electron chi connectivity index (χ2n) is 3.07. The SMILES string of the molecule is C/C=c1/c(=O)[nH]c(CC)n/c1=C/CC.CC. The second-order valence-corrected chi connectivity index (χ2v) is 3.07. The van der Waals surface area contributed by atoms with Crippen LogP contribution in [0.1, 0.15) is 46.9 Å². The summed E-state index contributed by atoms with van der Waals surface area (Å²) in [6.07, 6.45) is 5.42. The van der Waals surface area contributed by atoms with Crippen LogP contribution in [0, 0.1) is 0 Å². The van der Waals surface area contributed by atoms with E-state index in [1.165, 1.54) is 0 Å².